The average Bonchev–Trinajstić information content (AvgIpc) is 2.48. The predicted octanol–water partition coefficient (Wildman–Crippen LogP) is 3.22. The number of rotatable bonds is 5. The molecule has 20 heavy (non-hydrogen) atoms. The van der Waals surface area contributed by atoms with Gasteiger partial charge in [0.15, 0.2) is 17.7 Å². The van der Waals surface area contributed by atoms with Gasteiger partial charge in [-0.3, -0.25) is 4.98 Å². The molecule has 0 aliphatic rings. The molecule has 0 radical (unpaired) electrons. The Morgan fingerprint density at radius 1 is 1.25 bits per heavy atom. The van der Waals surface area contributed by atoms with Crippen LogP contribution in [0.5, 0.6) is 5.75 Å². The fourth-order valence-corrected chi connectivity index (χ4v) is 1.83. The highest BCUT2D eigenvalue weighted by Gasteiger charge is 2.23. The number of nitrogens with two attached hydrogens (primary N) is 1. The van der Waals surface area contributed by atoms with Gasteiger partial charge >= 0.3 is 0 Å². The molecule has 3 nitrogen and oxygen atoms in total. The van der Waals surface area contributed by atoms with E-state index in [4.69, 9.17) is 10.5 Å². The summed E-state index contributed by atoms with van der Waals surface area (Å²) in [6.07, 6.45) is 1.60. The molecular weight excluding hydrogens is 262 g/mol. The Bertz CT molecular complexity index is 563. The van der Waals surface area contributed by atoms with E-state index in [0.29, 0.717) is 12.1 Å². The minimum absolute atomic E-state index is 0.162. The first-order chi connectivity index (χ1) is 9.61. The summed E-state index contributed by atoms with van der Waals surface area (Å²) >= 11 is 0. The summed E-state index contributed by atoms with van der Waals surface area (Å²) in [5.41, 5.74) is 6.59. The van der Waals surface area contributed by atoms with Crippen LogP contribution in [0.2, 0.25) is 0 Å². The van der Waals surface area contributed by atoms with Gasteiger partial charge in [0.25, 0.3) is 0 Å². The van der Waals surface area contributed by atoms with Crippen molar-refractivity contribution in [3.8, 4) is 5.75 Å². The average molecular weight is 278 g/mol. The molecule has 2 rings (SSSR count). The summed E-state index contributed by atoms with van der Waals surface area (Å²) in [4.78, 5) is 4.18. The molecule has 1 aromatic carbocycles. The quantitative estimate of drug-likeness (QED) is 0.913. The van der Waals surface area contributed by atoms with Gasteiger partial charge in [-0.1, -0.05) is 13.0 Å². The Labute approximate surface area is 116 Å². The third kappa shape index (κ3) is 3.30. The molecule has 0 fully saturated rings. The lowest BCUT2D eigenvalue weighted by Gasteiger charge is -2.24. The zero-order valence-electron chi connectivity index (χ0n) is 11.1. The highest BCUT2D eigenvalue weighted by molar-refractivity contribution is 5.26. The zero-order chi connectivity index (χ0) is 14.5. The minimum Gasteiger partial charge on any atom is -0.479 e. The fraction of sp³-hybridized carbons (Fsp3) is 0.267. The van der Waals surface area contributed by atoms with Crippen LogP contribution in [0.4, 0.5) is 8.78 Å². The summed E-state index contributed by atoms with van der Waals surface area (Å²) in [6, 6.07) is 8.01. The largest absolute Gasteiger partial charge is 0.479 e. The maximum absolute atomic E-state index is 13.7. The maximum atomic E-state index is 13.7. The highest BCUT2D eigenvalue weighted by atomic mass is 19.1. The lowest BCUT2D eigenvalue weighted by atomic mass is 10.1. The summed E-state index contributed by atoms with van der Waals surface area (Å²) in [5, 5.41) is 0. The third-order valence-corrected chi connectivity index (χ3v) is 2.99. The van der Waals surface area contributed by atoms with E-state index in [0.717, 1.165) is 18.2 Å². The molecule has 2 N–H and O–H groups in total. The number of hydrogen-bond acceptors (Lipinski definition) is 3. The van der Waals surface area contributed by atoms with Crippen LogP contribution in [0.1, 0.15) is 25.1 Å². The second-order valence-electron chi connectivity index (χ2n) is 4.44. The van der Waals surface area contributed by atoms with Crippen LogP contribution < -0.4 is 10.5 Å². The van der Waals surface area contributed by atoms with E-state index in [-0.39, 0.29) is 11.8 Å². The van der Waals surface area contributed by atoms with Gasteiger partial charge in [0.05, 0.1) is 5.69 Å². The molecule has 0 bridgehead atoms. The van der Waals surface area contributed by atoms with E-state index in [2.05, 4.69) is 4.98 Å². The van der Waals surface area contributed by atoms with Crippen molar-refractivity contribution in [2.45, 2.75) is 25.5 Å². The summed E-state index contributed by atoms with van der Waals surface area (Å²) in [5.74, 6) is -1.36. The van der Waals surface area contributed by atoms with Gasteiger partial charge < -0.3 is 10.5 Å². The number of pyridine rings is 1. The Hall–Kier alpha value is -2.01. The number of halogens is 2. The van der Waals surface area contributed by atoms with Crippen molar-refractivity contribution in [1.29, 1.82) is 0 Å². The first kappa shape index (κ1) is 14.4. The molecular formula is C15H16F2N2O. The number of ether oxygens (including phenoxy) is 1. The smallest absolute Gasteiger partial charge is 0.165 e. The van der Waals surface area contributed by atoms with Crippen LogP contribution in [0.15, 0.2) is 42.6 Å². The van der Waals surface area contributed by atoms with Crippen molar-refractivity contribution >= 4 is 0 Å². The molecule has 106 valence electrons. The van der Waals surface area contributed by atoms with Gasteiger partial charge in [-0.2, -0.15) is 0 Å². The highest BCUT2D eigenvalue weighted by Crippen LogP contribution is 2.27. The van der Waals surface area contributed by atoms with Crippen molar-refractivity contribution in [3.05, 3.63) is 59.9 Å². The molecule has 0 amide bonds. The predicted molar refractivity (Wildman–Crippen MR) is 72.2 cm³/mol. The molecule has 1 aromatic heterocycles. The van der Waals surface area contributed by atoms with E-state index < -0.39 is 17.7 Å². The summed E-state index contributed by atoms with van der Waals surface area (Å²) < 4.78 is 32.4. The van der Waals surface area contributed by atoms with E-state index in [1.54, 1.807) is 24.4 Å². The topological polar surface area (TPSA) is 48.1 Å². The van der Waals surface area contributed by atoms with E-state index in [1.165, 1.54) is 0 Å². The van der Waals surface area contributed by atoms with Crippen LogP contribution in [-0.2, 0) is 0 Å². The molecule has 0 saturated carbocycles. The molecule has 0 aliphatic heterocycles. The fourth-order valence-electron chi connectivity index (χ4n) is 1.83. The number of hydrogen-bond donors (Lipinski definition) is 1. The van der Waals surface area contributed by atoms with Crippen molar-refractivity contribution in [1.82, 2.24) is 4.98 Å². The number of aromatic nitrogens is 1. The van der Waals surface area contributed by atoms with Crippen LogP contribution in [-0.4, -0.2) is 11.0 Å². The minimum atomic E-state index is -0.629. The Kier molecular flexibility index (Phi) is 4.63. The van der Waals surface area contributed by atoms with E-state index in [1.807, 2.05) is 6.92 Å². The van der Waals surface area contributed by atoms with Gasteiger partial charge in [-0.25, -0.2) is 8.78 Å². The van der Waals surface area contributed by atoms with Crippen LogP contribution >= 0.6 is 0 Å². The van der Waals surface area contributed by atoms with Crippen molar-refractivity contribution in [2.24, 2.45) is 5.73 Å². The SMILES string of the molecule is CCC(N)C(Oc1cc(F)ccc1F)c1ccccn1. The maximum Gasteiger partial charge on any atom is 0.165 e. The summed E-state index contributed by atoms with van der Waals surface area (Å²) in [6.45, 7) is 1.89. The normalized spacial score (nSPS) is 13.8. The number of nitrogens with zero attached hydrogens (tertiary/aromatic N) is 1. The van der Waals surface area contributed by atoms with Gasteiger partial charge in [0.2, 0.25) is 0 Å². The molecule has 0 saturated heterocycles. The first-order valence-corrected chi connectivity index (χ1v) is 6.40. The Morgan fingerprint density at radius 2 is 2.05 bits per heavy atom. The van der Waals surface area contributed by atoms with Crippen molar-refractivity contribution in [2.75, 3.05) is 0 Å². The van der Waals surface area contributed by atoms with Gasteiger partial charge in [0, 0.05) is 18.3 Å². The monoisotopic (exact) mass is 278 g/mol. The van der Waals surface area contributed by atoms with Crippen molar-refractivity contribution < 1.29 is 13.5 Å². The standard InChI is InChI=1S/C15H16F2N2O/c1-2-12(18)15(13-5-3-4-8-19-13)20-14-9-10(16)6-7-11(14)17/h3-9,12,15H,2,18H2,1H3. The lowest BCUT2D eigenvalue weighted by Crippen LogP contribution is -2.32. The van der Waals surface area contributed by atoms with Crippen LogP contribution in [0.3, 0.4) is 0 Å². The third-order valence-electron chi connectivity index (χ3n) is 2.99. The Balaban J connectivity index is 2.31. The second-order valence-corrected chi connectivity index (χ2v) is 4.44. The molecule has 2 unspecified atom stereocenters. The molecule has 2 atom stereocenters. The molecule has 0 spiro atoms. The van der Waals surface area contributed by atoms with Gasteiger partial charge in [0.1, 0.15) is 5.82 Å². The molecule has 2 aromatic rings. The van der Waals surface area contributed by atoms with Crippen LogP contribution in [0, 0.1) is 11.6 Å². The van der Waals surface area contributed by atoms with E-state index in [9.17, 15) is 8.78 Å². The van der Waals surface area contributed by atoms with Gasteiger partial charge in [-0.05, 0) is 30.7 Å². The first-order valence-electron chi connectivity index (χ1n) is 6.40. The number of benzene rings is 1. The zero-order valence-corrected chi connectivity index (χ0v) is 11.1. The van der Waals surface area contributed by atoms with E-state index >= 15 is 0 Å². The van der Waals surface area contributed by atoms with Gasteiger partial charge in [-0.15, -0.1) is 0 Å². The van der Waals surface area contributed by atoms with Crippen molar-refractivity contribution in [3.63, 3.8) is 0 Å². The Morgan fingerprint density at radius 3 is 2.70 bits per heavy atom. The molecule has 0 aliphatic carbocycles. The van der Waals surface area contributed by atoms with Crippen LogP contribution in [0.25, 0.3) is 0 Å². The molecule has 5 heteroatoms. The lowest BCUT2D eigenvalue weighted by molar-refractivity contribution is 0.158. The second kappa shape index (κ2) is 6.43. The molecule has 1 heterocycles. The summed E-state index contributed by atoms with van der Waals surface area (Å²) in [7, 11) is 0.